The Morgan fingerprint density at radius 3 is 2.88 bits per heavy atom. The maximum atomic E-state index is 14.1. The summed E-state index contributed by atoms with van der Waals surface area (Å²) in [6.07, 6.45) is 2.23. The zero-order chi connectivity index (χ0) is 18.1. The Bertz CT molecular complexity index is 965. The minimum atomic E-state index is -0.875. The van der Waals surface area contributed by atoms with E-state index >= 15 is 0 Å². The smallest absolute Gasteiger partial charge is 0.168 e. The molecule has 8 heteroatoms. The summed E-state index contributed by atoms with van der Waals surface area (Å²) in [4.78, 5) is 8.37. The molecular formula is C18H14ClF2N3O2. The summed E-state index contributed by atoms with van der Waals surface area (Å²) in [6, 6.07) is 7.72. The lowest BCUT2D eigenvalue weighted by molar-refractivity contribution is 0.141. The van der Waals surface area contributed by atoms with Gasteiger partial charge in [0.25, 0.3) is 0 Å². The third-order valence-electron chi connectivity index (χ3n) is 4.09. The van der Waals surface area contributed by atoms with Crippen LogP contribution in [0.4, 0.5) is 20.3 Å². The van der Waals surface area contributed by atoms with Crippen LogP contribution in [-0.4, -0.2) is 29.3 Å². The van der Waals surface area contributed by atoms with Gasteiger partial charge in [-0.2, -0.15) is 0 Å². The highest BCUT2D eigenvalue weighted by Crippen LogP contribution is 2.31. The second kappa shape index (κ2) is 7.01. The zero-order valence-corrected chi connectivity index (χ0v) is 14.3. The molecule has 0 unspecified atom stereocenters. The van der Waals surface area contributed by atoms with Crippen molar-refractivity contribution in [2.45, 2.75) is 12.5 Å². The Morgan fingerprint density at radius 1 is 1.19 bits per heavy atom. The van der Waals surface area contributed by atoms with Crippen molar-refractivity contribution in [1.29, 1.82) is 0 Å². The molecule has 1 saturated heterocycles. The first-order chi connectivity index (χ1) is 12.6. The number of nitrogens with one attached hydrogen (secondary N) is 1. The lowest BCUT2D eigenvalue weighted by atomic mass is 10.2. The molecule has 1 aromatic heterocycles. The van der Waals surface area contributed by atoms with Gasteiger partial charge in [-0.15, -0.1) is 0 Å². The van der Waals surface area contributed by atoms with Crippen molar-refractivity contribution in [3.05, 3.63) is 53.3 Å². The van der Waals surface area contributed by atoms with Crippen LogP contribution >= 0.6 is 11.6 Å². The molecule has 5 nitrogen and oxygen atoms in total. The predicted molar refractivity (Wildman–Crippen MR) is 94.0 cm³/mol. The van der Waals surface area contributed by atoms with Crippen LogP contribution in [0, 0.1) is 11.6 Å². The molecule has 0 radical (unpaired) electrons. The summed E-state index contributed by atoms with van der Waals surface area (Å²) in [5, 5.41) is 2.94. The number of nitrogens with zero attached hydrogens (tertiary/aromatic N) is 2. The Hall–Kier alpha value is -2.51. The molecule has 0 bridgehead atoms. The first kappa shape index (κ1) is 16.9. The minimum Gasteiger partial charge on any atom is -0.488 e. The molecule has 4 rings (SSSR count). The van der Waals surface area contributed by atoms with Crippen LogP contribution in [0.5, 0.6) is 5.75 Å². The van der Waals surface area contributed by atoms with Gasteiger partial charge in [0, 0.05) is 17.9 Å². The minimum absolute atomic E-state index is 0.0276. The van der Waals surface area contributed by atoms with E-state index in [-0.39, 0.29) is 11.8 Å². The van der Waals surface area contributed by atoms with Crippen LogP contribution in [0.25, 0.3) is 10.9 Å². The van der Waals surface area contributed by atoms with Gasteiger partial charge in [-0.3, -0.25) is 0 Å². The number of halogens is 3. The summed E-state index contributed by atoms with van der Waals surface area (Å²) >= 11 is 5.62. The Morgan fingerprint density at radius 2 is 2.08 bits per heavy atom. The fourth-order valence-electron chi connectivity index (χ4n) is 2.76. The molecule has 0 aliphatic carbocycles. The van der Waals surface area contributed by atoms with E-state index in [4.69, 9.17) is 21.1 Å². The molecule has 1 N–H and O–H groups in total. The van der Waals surface area contributed by atoms with Gasteiger partial charge in [0.05, 0.1) is 24.4 Å². The maximum Gasteiger partial charge on any atom is 0.168 e. The standard InChI is InChI=1S/C18H14ClF2N3O2/c19-16-13(20)3-4-14(17(16)21)24-18-12-2-1-10(7-15(12)22-9-23-18)26-11-5-6-25-8-11/h1-4,7,9,11H,5-6,8H2,(H,22,23,24)/t11-/m0/s1. The van der Waals surface area contributed by atoms with Gasteiger partial charge in [0.15, 0.2) is 5.82 Å². The number of rotatable bonds is 4. The van der Waals surface area contributed by atoms with Gasteiger partial charge in [0.1, 0.15) is 34.8 Å². The van der Waals surface area contributed by atoms with Crippen molar-refractivity contribution in [2.24, 2.45) is 0 Å². The molecule has 2 heterocycles. The van der Waals surface area contributed by atoms with Crippen LogP contribution in [0.15, 0.2) is 36.7 Å². The second-order valence-corrected chi connectivity index (χ2v) is 6.23. The Balaban J connectivity index is 1.64. The summed E-state index contributed by atoms with van der Waals surface area (Å²) in [7, 11) is 0. The largest absolute Gasteiger partial charge is 0.488 e. The molecule has 1 aliphatic heterocycles. The highest BCUT2D eigenvalue weighted by Gasteiger charge is 2.18. The van der Waals surface area contributed by atoms with Crippen LogP contribution in [0.1, 0.15) is 6.42 Å². The average Bonchev–Trinajstić information content (AvgIpc) is 3.15. The van der Waals surface area contributed by atoms with Gasteiger partial charge < -0.3 is 14.8 Å². The van der Waals surface area contributed by atoms with E-state index < -0.39 is 16.7 Å². The third-order valence-corrected chi connectivity index (χ3v) is 4.43. The van der Waals surface area contributed by atoms with Gasteiger partial charge in [0.2, 0.25) is 0 Å². The van der Waals surface area contributed by atoms with Crippen molar-refractivity contribution >= 4 is 34.0 Å². The van der Waals surface area contributed by atoms with E-state index in [1.54, 1.807) is 18.2 Å². The molecule has 0 saturated carbocycles. The molecule has 1 atom stereocenters. The third kappa shape index (κ3) is 3.27. The quantitative estimate of drug-likeness (QED) is 0.680. The summed E-state index contributed by atoms with van der Waals surface area (Å²) < 4.78 is 38.6. The first-order valence-corrected chi connectivity index (χ1v) is 8.39. The summed E-state index contributed by atoms with van der Waals surface area (Å²) in [6.45, 7) is 1.26. The number of ether oxygens (including phenoxy) is 2. The van der Waals surface area contributed by atoms with E-state index in [9.17, 15) is 8.78 Å². The van der Waals surface area contributed by atoms with Crippen molar-refractivity contribution in [1.82, 2.24) is 9.97 Å². The van der Waals surface area contributed by atoms with E-state index in [1.165, 1.54) is 12.4 Å². The lowest BCUT2D eigenvalue weighted by Gasteiger charge is -2.13. The Labute approximate surface area is 152 Å². The molecule has 134 valence electrons. The van der Waals surface area contributed by atoms with E-state index in [0.717, 1.165) is 12.5 Å². The maximum absolute atomic E-state index is 14.1. The van der Waals surface area contributed by atoms with Crippen LogP contribution in [-0.2, 0) is 4.74 Å². The van der Waals surface area contributed by atoms with Gasteiger partial charge >= 0.3 is 0 Å². The van der Waals surface area contributed by atoms with E-state index in [1.807, 2.05) is 0 Å². The van der Waals surface area contributed by atoms with Crippen molar-refractivity contribution in [3.8, 4) is 5.75 Å². The number of fused-ring (bicyclic) bond motifs is 1. The molecule has 1 aliphatic rings. The molecule has 3 aromatic rings. The zero-order valence-electron chi connectivity index (χ0n) is 13.5. The molecule has 0 amide bonds. The van der Waals surface area contributed by atoms with Crippen molar-refractivity contribution in [2.75, 3.05) is 18.5 Å². The summed E-state index contributed by atoms with van der Waals surface area (Å²) in [5.41, 5.74) is 0.660. The second-order valence-electron chi connectivity index (χ2n) is 5.85. The summed E-state index contributed by atoms with van der Waals surface area (Å²) in [5.74, 6) is -0.638. The molecular weight excluding hydrogens is 364 g/mol. The fourth-order valence-corrected chi connectivity index (χ4v) is 2.92. The number of hydrogen-bond acceptors (Lipinski definition) is 5. The predicted octanol–water partition coefficient (Wildman–Crippen LogP) is 4.47. The number of aromatic nitrogens is 2. The molecule has 26 heavy (non-hydrogen) atoms. The van der Waals surface area contributed by atoms with Crippen molar-refractivity contribution < 1.29 is 18.3 Å². The van der Waals surface area contributed by atoms with Crippen LogP contribution < -0.4 is 10.1 Å². The Kier molecular flexibility index (Phi) is 4.57. The van der Waals surface area contributed by atoms with Gasteiger partial charge in [-0.05, 0) is 24.3 Å². The SMILES string of the molecule is Fc1ccc(Nc2ncnc3cc(O[C@H]4CCOC4)ccc23)c(F)c1Cl. The highest BCUT2D eigenvalue weighted by atomic mass is 35.5. The van der Waals surface area contributed by atoms with E-state index in [0.29, 0.717) is 35.7 Å². The van der Waals surface area contributed by atoms with Crippen LogP contribution in [0.2, 0.25) is 5.02 Å². The van der Waals surface area contributed by atoms with Crippen molar-refractivity contribution in [3.63, 3.8) is 0 Å². The number of benzene rings is 2. The topological polar surface area (TPSA) is 56.3 Å². The number of hydrogen-bond donors (Lipinski definition) is 1. The van der Waals surface area contributed by atoms with Crippen LogP contribution in [0.3, 0.4) is 0 Å². The normalized spacial score (nSPS) is 16.8. The lowest BCUT2D eigenvalue weighted by Crippen LogP contribution is -2.15. The highest BCUT2D eigenvalue weighted by molar-refractivity contribution is 6.31. The van der Waals surface area contributed by atoms with Gasteiger partial charge in [-0.25, -0.2) is 18.7 Å². The molecule has 2 aromatic carbocycles. The fraction of sp³-hybridized carbons (Fsp3) is 0.222. The van der Waals surface area contributed by atoms with Gasteiger partial charge in [-0.1, -0.05) is 11.6 Å². The monoisotopic (exact) mass is 377 g/mol. The molecule has 0 spiro atoms. The number of anilines is 2. The average molecular weight is 378 g/mol. The van der Waals surface area contributed by atoms with E-state index in [2.05, 4.69) is 15.3 Å². The first-order valence-electron chi connectivity index (χ1n) is 8.01. The molecule has 1 fully saturated rings.